The minimum absolute atomic E-state index is 0.214. The SMILES string of the molecule is CCN(C(=O)CN1CC2CNCC2C1)c1ccccc1. The third-order valence-corrected chi connectivity index (χ3v) is 4.51. The highest BCUT2D eigenvalue weighted by atomic mass is 16.2. The van der Waals surface area contributed by atoms with Gasteiger partial charge in [-0.05, 0) is 44.0 Å². The number of rotatable bonds is 4. The molecule has 2 aliphatic rings. The molecule has 0 spiro atoms. The largest absolute Gasteiger partial charge is 0.316 e. The topological polar surface area (TPSA) is 35.6 Å². The number of likely N-dealkylation sites (N-methyl/N-ethyl adjacent to an activating group) is 1. The van der Waals surface area contributed by atoms with Crippen LogP contribution in [-0.2, 0) is 4.79 Å². The van der Waals surface area contributed by atoms with Gasteiger partial charge < -0.3 is 10.2 Å². The molecule has 2 fully saturated rings. The first-order chi connectivity index (χ1) is 9.78. The Balaban J connectivity index is 1.61. The van der Waals surface area contributed by atoms with Crippen molar-refractivity contribution >= 4 is 11.6 Å². The number of benzene rings is 1. The summed E-state index contributed by atoms with van der Waals surface area (Å²) in [7, 11) is 0. The quantitative estimate of drug-likeness (QED) is 0.895. The molecule has 2 saturated heterocycles. The van der Waals surface area contributed by atoms with Crippen LogP contribution in [0.2, 0.25) is 0 Å². The predicted molar refractivity (Wildman–Crippen MR) is 80.8 cm³/mol. The van der Waals surface area contributed by atoms with E-state index in [-0.39, 0.29) is 5.91 Å². The minimum atomic E-state index is 0.214. The van der Waals surface area contributed by atoms with Gasteiger partial charge in [0, 0.05) is 25.3 Å². The van der Waals surface area contributed by atoms with Crippen LogP contribution in [0.4, 0.5) is 5.69 Å². The van der Waals surface area contributed by atoms with E-state index in [0.29, 0.717) is 6.54 Å². The van der Waals surface area contributed by atoms with Crippen molar-refractivity contribution in [3.63, 3.8) is 0 Å². The van der Waals surface area contributed by atoms with Crippen LogP contribution >= 0.6 is 0 Å². The van der Waals surface area contributed by atoms with E-state index in [1.807, 2.05) is 42.2 Å². The molecule has 4 heteroatoms. The lowest BCUT2D eigenvalue weighted by atomic mass is 10.0. The van der Waals surface area contributed by atoms with Gasteiger partial charge in [-0.15, -0.1) is 0 Å². The summed E-state index contributed by atoms with van der Waals surface area (Å²) in [4.78, 5) is 16.7. The normalized spacial score (nSPS) is 25.6. The van der Waals surface area contributed by atoms with E-state index >= 15 is 0 Å². The standard InChI is InChI=1S/C16H23N3O/c1-2-19(15-6-4-3-5-7-15)16(20)12-18-10-13-8-17-9-14(13)11-18/h3-7,13-14,17H,2,8-12H2,1H3. The summed E-state index contributed by atoms with van der Waals surface area (Å²) < 4.78 is 0. The number of anilines is 1. The van der Waals surface area contributed by atoms with Gasteiger partial charge in [-0.2, -0.15) is 0 Å². The number of hydrogen-bond donors (Lipinski definition) is 1. The smallest absolute Gasteiger partial charge is 0.241 e. The molecule has 20 heavy (non-hydrogen) atoms. The average molecular weight is 273 g/mol. The van der Waals surface area contributed by atoms with E-state index in [0.717, 1.165) is 50.2 Å². The van der Waals surface area contributed by atoms with E-state index in [4.69, 9.17) is 0 Å². The summed E-state index contributed by atoms with van der Waals surface area (Å²) in [5.41, 5.74) is 1.00. The second-order valence-electron chi connectivity index (χ2n) is 5.85. The average Bonchev–Trinajstić information content (AvgIpc) is 3.01. The highest BCUT2D eigenvalue weighted by molar-refractivity contribution is 5.94. The fourth-order valence-corrected chi connectivity index (χ4v) is 3.47. The number of likely N-dealkylation sites (tertiary alicyclic amines) is 1. The molecule has 0 aliphatic carbocycles. The van der Waals surface area contributed by atoms with Crippen molar-refractivity contribution in [3.05, 3.63) is 30.3 Å². The van der Waals surface area contributed by atoms with Crippen LogP contribution in [0.5, 0.6) is 0 Å². The number of nitrogens with one attached hydrogen (secondary N) is 1. The van der Waals surface area contributed by atoms with Gasteiger partial charge in [0.25, 0.3) is 0 Å². The molecule has 0 radical (unpaired) electrons. The van der Waals surface area contributed by atoms with Gasteiger partial charge in [0.05, 0.1) is 6.54 Å². The maximum atomic E-state index is 12.5. The lowest BCUT2D eigenvalue weighted by Crippen LogP contribution is -2.40. The molecule has 2 atom stereocenters. The molecule has 4 nitrogen and oxygen atoms in total. The summed E-state index contributed by atoms with van der Waals surface area (Å²) in [5.74, 6) is 1.70. The molecule has 1 aromatic carbocycles. The van der Waals surface area contributed by atoms with Crippen LogP contribution in [0.1, 0.15) is 6.92 Å². The maximum Gasteiger partial charge on any atom is 0.241 e. The molecular weight excluding hydrogens is 250 g/mol. The van der Waals surface area contributed by atoms with Crippen molar-refractivity contribution in [2.24, 2.45) is 11.8 Å². The molecule has 1 aromatic rings. The summed E-state index contributed by atoms with van der Waals surface area (Å²) in [6.45, 7) is 7.68. The molecule has 1 N–H and O–H groups in total. The van der Waals surface area contributed by atoms with Crippen molar-refractivity contribution in [3.8, 4) is 0 Å². The van der Waals surface area contributed by atoms with E-state index in [1.165, 1.54) is 0 Å². The Morgan fingerprint density at radius 1 is 1.25 bits per heavy atom. The van der Waals surface area contributed by atoms with Gasteiger partial charge in [0.15, 0.2) is 0 Å². The Kier molecular flexibility index (Phi) is 4.03. The molecule has 1 amide bonds. The van der Waals surface area contributed by atoms with Crippen molar-refractivity contribution < 1.29 is 4.79 Å². The third kappa shape index (κ3) is 2.72. The molecule has 0 aromatic heterocycles. The van der Waals surface area contributed by atoms with Crippen molar-refractivity contribution in [2.75, 3.05) is 44.2 Å². The zero-order chi connectivity index (χ0) is 13.9. The van der Waals surface area contributed by atoms with Gasteiger partial charge in [0.2, 0.25) is 5.91 Å². The van der Waals surface area contributed by atoms with Crippen LogP contribution in [0.3, 0.4) is 0 Å². The van der Waals surface area contributed by atoms with E-state index in [1.54, 1.807) is 0 Å². The lowest BCUT2D eigenvalue weighted by molar-refractivity contribution is -0.119. The Morgan fingerprint density at radius 2 is 1.90 bits per heavy atom. The second kappa shape index (κ2) is 5.94. The zero-order valence-corrected chi connectivity index (χ0v) is 12.1. The first kappa shape index (κ1) is 13.6. The van der Waals surface area contributed by atoms with Gasteiger partial charge in [-0.3, -0.25) is 9.69 Å². The second-order valence-corrected chi connectivity index (χ2v) is 5.85. The molecule has 2 aliphatic heterocycles. The first-order valence-electron chi connectivity index (χ1n) is 7.56. The lowest BCUT2D eigenvalue weighted by Gasteiger charge is -2.24. The summed E-state index contributed by atoms with van der Waals surface area (Å²) in [5, 5.41) is 3.44. The molecule has 2 heterocycles. The first-order valence-corrected chi connectivity index (χ1v) is 7.56. The fourth-order valence-electron chi connectivity index (χ4n) is 3.47. The zero-order valence-electron chi connectivity index (χ0n) is 12.1. The van der Waals surface area contributed by atoms with E-state index < -0.39 is 0 Å². The van der Waals surface area contributed by atoms with Gasteiger partial charge in [0.1, 0.15) is 0 Å². The number of amides is 1. The van der Waals surface area contributed by atoms with Crippen LogP contribution in [-0.4, -0.2) is 50.1 Å². The Morgan fingerprint density at radius 3 is 2.50 bits per heavy atom. The number of hydrogen-bond acceptors (Lipinski definition) is 3. The number of fused-ring (bicyclic) bond motifs is 1. The van der Waals surface area contributed by atoms with Gasteiger partial charge >= 0.3 is 0 Å². The van der Waals surface area contributed by atoms with E-state index in [2.05, 4.69) is 10.2 Å². The number of nitrogens with zero attached hydrogens (tertiary/aromatic N) is 2. The van der Waals surface area contributed by atoms with E-state index in [9.17, 15) is 4.79 Å². The number of carbonyl (C=O) groups excluding carboxylic acids is 1. The Bertz CT molecular complexity index is 450. The monoisotopic (exact) mass is 273 g/mol. The van der Waals surface area contributed by atoms with Crippen molar-refractivity contribution in [1.29, 1.82) is 0 Å². The Labute approximate surface area is 120 Å². The fraction of sp³-hybridized carbons (Fsp3) is 0.562. The number of para-hydroxylation sites is 1. The molecule has 0 saturated carbocycles. The van der Waals surface area contributed by atoms with Crippen LogP contribution < -0.4 is 10.2 Å². The summed E-state index contributed by atoms with van der Waals surface area (Å²) in [6, 6.07) is 9.96. The van der Waals surface area contributed by atoms with Crippen molar-refractivity contribution in [1.82, 2.24) is 10.2 Å². The molecule has 2 unspecified atom stereocenters. The number of carbonyl (C=O) groups is 1. The third-order valence-electron chi connectivity index (χ3n) is 4.51. The molecule has 108 valence electrons. The van der Waals surface area contributed by atoms with Crippen LogP contribution in [0.25, 0.3) is 0 Å². The predicted octanol–water partition coefficient (Wildman–Crippen LogP) is 1.19. The molecule has 0 bridgehead atoms. The van der Waals surface area contributed by atoms with Crippen molar-refractivity contribution in [2.45, 2.75) is 6.92 Å². The summed E-state index contributed by atoms with van der Waals surface area (Å²) in [6.07, 6.45) is 0. The maximum absolute atomic E-state index is 12.5. The summed E-state index contributed by atoms with van der Waals surface area (Å²) >= 11 is 0. The molecular formula is C16H23N3O. The van der Waals surface area contributed by atoms with Crippen LogP contribution in [0.15, 0.2) is 30.3 Å². The molecule has 3 rings (SSSR count). The highest BCUT2D eigenvalue weighted by Gasteiger charge is 2.36. The minimum Gasteiger partial charge on any atom is -0.316 e. The highest BCUT2D eigenvalue weighted by Crippen LogP contribution is 2.26. The van der Waals surface area contributed by atoms with Gasteiger partial charge in [-0.25, -0.2) is 0 Å². The van der Waals surface area contributed by atoms with Crippen LogP contribution in [0, 0.1) is 11.8 Å². The Hall–Kier alpha value is -1.39. The van der Waals surface area contributed by atoms with Gasteiger partial charge in [-0.1, -0.05) is 18.2 Å².